The fourth-order valence-electron chi connectivity index (χ4n) is 4.92. The fourth-order valence-corrected chi connectivity index (χ4v) is 4.92. The van der Waals surface area contributed by atoms with Gasteiger partial charge in [-0.3, -0.25) is 9.98 Å². The molecule has 2 N–H and O–H groups in total. The molecule has 1 unspecified atom stereocenters. The molecule has 0 amide bonds. The summed E-state index contributed by atoms with van der Waals surface area (Å²) in [5.41, 5.74) is 3.37. The summed E-state index contributed by atoms with van der Waals surface area (Å²) in [6.45, 7) is 0.671. The maximum Gasteiger partial charge on any atom is 0.191 e. The lowest BCUT2D eigenvalue weighted by Gasteiger charge is -2.40. The molecule has 0 radical (unpaired) electrons. The van der Waals surface area contributed by atoms with E-state index in [1.165, 1.54) is 18.4 Å². The normalized spacial score (nSPS) is 19.4. The lowest BCUT2D eigenvalue weighted by atomic mass is 9.86. The van der Waals surface area contributed by atoms with E-state index in [4.69, 9.17) is 4.74 Å². The van der Waals surface area contributed by atoms with E-state index in [0.717, 1.165) is 47.4 Å². The number of hydrogen-bond donors (Lipinski definition) is 2. The predicted octanol–water partition coefficient (Wildman–Crippen LogP) is 5.35. The van der Waals surface area contributed by atoms with E-state index in [9.17, 15) is 0 Å². The third-order valence-electron chi connectivity index (χ3n) is 6.41. The van der Waals surface area contributed by atoms with Crippen molar-refractivity contribution in [2.45, 2.75) is 50.3 Å². The largest absolute Gasteiger partial charge is 0.487 e. The molecule has 5 rings (SSSR count). The Balaban J connectivity index is 0.00000231. The third kappa shape index (κ3) is 4.49. The molecule has 31 heavy (non-hydrogen) atoms. The first-order valence-corrected chi connectivity index (χ1v) is 10.8. The molecule has 2 aromatic carbocycles. The Morgan fingerprint density at radius 2 is 1.90 bits per heavy atom. The first kappa shape index (κ1) is 21.9. The molecule has 1 spiro atoms. The number of pyridine rings is 1. The van der Waals surface area contributed by atoms with Crippen LogP contribution in [0.3, 0.4) is 0 Å². The Bertz CT molecular complexity index is 1070. The van der Waals surface area contributed by atoms with Gasteiger partial charge in [0.25, 0.3) is 0 Å². The number of guanidine groups is 1. The van der Waals surface area contributed by atoms with Crippen molar-refractivity contribution < 1.29 is 4.74 Å². The van der Waals surface area contributed by atoms with Gasteiger partial charge in [0, 0.05) is 37.2 Å². The number of nitrogens with one attached hydrogen (secondary N) is 2. The summed E-state index contributed by atoms with van der Waals surface area (Å²) in [5, 5.41) is 8.32. The molecule has 5 nitrogen and oxygen atoms in total. The molecule has 1 aromatic heterocycles. The number of rotatable bonds is 3. The van der Waals surface area contributed by atoms with E-state index in [-0.39, 0.29) is 35.6 Å². The number of fused-ring (bicyclic) bond motifs is 2. The average Bonchev–Trinajstić information content (AvgIpc) is 3.23. The molecule has 1 saturated carbocycles. The maximum atomic E-state index is 6.49. The van der Waals surface area contributed by atoms with Crippen molar-refractivity contribution in [3.8, 4) is 5.75 Å². The first-order valence-electron chi connectivity index (χ1n) is 10.8. The molecule has 162 valence electrons. The first-order chi connectivity index (χ1) is 14.8. The number of hydrogen-bond acceptors (Lipinski definition) is 3. The van der Waals surface area contributed by atoms with Gasteiger partial charge in [-0.15, -0.1) is 24.0 Å². The van der Waals surface area contributed by atoms with Gasteiger partial charge >= 0.3 is 0 Å². The van der Waals surface area contributed by atoms with Crippen LogP contribution in [0.25, 0.3) is 10.9 Å². The van der Waals surface area contributed by atoms with E-state index < -0.39 is 0 Å². The second-order valence-corrected chi connectivity index (χ2v) is 8.35. The van der Waals surface area contributed by atoms with Crippen molar-refractivity contribution in [2.75, 3.05) is 7.05 Å². The monoisotopic (exact) mass is 528 g/mol. The number of nitrogens with zero attached hydrogens (tertiary/aromatic N) is 2. The van der Waals surface area contributed by atoms with Gasteiger partial charge in [0.05, 0.1) is 11.6 Å². The van der Waals surface area contributed by atoms with E-state index in [0.29, 0.717) is 6.54 Å². The Morgan fingerprint density at radius 3 is 2.74 bits per heavy atom. The fraction of sp³-hybridized carbons (Fsp3) is 0.360. The number of aromatic nitrogens is 1. The molecule has 2 aliphatic rings. The van der Waals surface area contributed by atoms with Crippen LogP contribution in [0.1, 0.15) is 49.3 Å². The summed E-state index contributed by atoms with van der Waals surface area (Å²) in [6, 6.07) is 19.0. The molecule has 2 heterocycles. The zero-order chi connectivity index (χ0) is 20.4. The highest BCUT2D eigenvalue weighted by Gasteiger charge is 2.43. The standard InChI is InChI=1S/C25H28N4O.HI/c1-26-24(28-17-19-9-6-8-18-10-7-15-27-23(18)19)29-21-16-25(13-4-5-14-25)30-22-12-3-2-11-20(21)22;/h2-3,6-12,15,21H,4-5,13-14,16-17H2,1H3,(H2,26,28,29);1H. The zero-order valence-corrected chi connectivity index (χ0v) is 20.1. The van der Waals surface area contributed by atoms with Crippen LogP contribution in [-0.4, -0.2) is 23.6 Å². The third-order valence-corrected chi connectivity index (χ3v) is 6.41. The number of aliphatic imine (C=N–C) groups is 1. The van der Waals surface area contributed by atoms with Crippen LogP contribution >= 0.6 is 24.0 Å². The van der Waals surface area contributed by atoms with Gasteiger partial charge in [0.2, 0.25) is 0 Å². The van der Waals surface area contributed by atoms with Crippen LogP contribution in [-0.2, 0) is 6.54 Å². The Morgan fingerprint density at radius 1 is 1.10 bits per heavy atom. The Kier molecular flexibility index (Phi) is 6.65. The molecular formula is C25H29IN4O. The van der Waals surface area contributed by atoms with Gasteiger partial charge < -0.3 is 15.4 Å². The number of halogens is 1. The van der Waals surface area contributed by atoms with Crippen LogP contribution < -0.4 is 15.4 Å². The van der Waals surface area contributed by atoms with E-state index in [1.54, 1.807) is 0 Å². The number of benzene rings is 2. The number of ether oxygens (including phenoxy) is 1. The van der Waals surface area contributed by atoms with Gasteiger partial charge in [0.1, 0.15) is 11.4 Å². The lowest BCUT2D eigenvalue weighted by molar-refractivity contribution is 0.0396. The topological polar surface area (TPSA) is 58.5 Å². The summed E-state index contributed by atoms with van der Waals surface area (Å²) in [7, 11) is 1.83. The second-order valence-electron chi connectivity index (χ2n) is 8.35. The minimum atomic E-state index is -0.0373. The maximum absolute atomic E-state index is 6.49. The molecule has 0 saturated heterocycles. The van der Waals surface area contributed by atoms with E-state index in [2.05, 4.69) is 69.1 Å². The van der Waals surface area contributed by atoms with Crippen LogP contribution in [0.5, 0.6) is 5.75 Å². The molecule has 1 fully saturated rings. The smallest absolute Gasteiger partial charge is 0.191 e. The summed E-state index contributed by atoms with van der Waals surface area (Å²) in [5.74, 6) is 1.81. The van der Waals surface area contributed by atoms with Crippen LogP contribution in [0.15, 0.2) is 65.8 Å². The highest BCUT2D eigenvalue weighted by atomic mass is 127. The molecular weight excluding hydrogens is 499 g/mol. The second kappa shape index (κ2) is 9.42. The molecule has 1 atom stereocenters. The van der Waals surface area contributed by atoms with Gasteiger partial charge in [-0.2, -0.15) is 0 Å². The zero-order valence-electron chi connectivity index (χ0n) is 17.8. The van der Waals surface area contributed by atoms with Crippen molar-refractivity contribution in [1.29, 1.82) is 0 Å². The molecule has 6 heteroatoms. The summed E-state index contributed by atoms with van der Waals surface area (Å²) >= 11 is 0. The summed E-state index contributed by atoms with van der Waals surface area (Å²) < 4.78 is 6.49. The minimum absolute atomic E-state index is 0. The molecule has 1 aliphatic carbocycles. The van der Waals surface area contributed by atoms with Gasteiger partial charge in [-0.1, -0.05) is 42.5 Å². The Hall–Kier alpha value is -2.35. The molecule has 3 aromatic rings. The van der Waals surface area contributed by atoms with Gasteiger partial charge in [-0.25, -0.2) is 0 Å². The van der Waals surface area contributed by atoms with Crippen molar-refractivity contribution >= 4 is 40.8 Å². The van der Waals surface area contributed by atoms with E-state index >= 15 is 0 Å². The summed E-state index contributed by atoms with van der Waals surface area (Å²) in [6.07, 6.45) is 7.58. The minimum Gasteiger partial charge on any atom is -0.487 e. The number of para-hydroxylation sites is 2. The highest BCUT2D eigenvalue weighted by molar-refractivity contribution is 14.0. The van der Waals surface area contributed by atoms with Gasteiger partial charge in [-0.05, 0) is 43.4 Å². The van der Waals surface area contributed by atoms with Crippen molar-refractivity contribution in [3.05, 3.63) is 71.9 Å². The van der Waals surface area contributed by atoms with Crippen LogP contribution in [0, 0.1) is 0 Å². The average molecular weight is 528 g/mol. The van der Waals surface area contributed by atoms with Gasteiger partial charge in [0.15, 0.2) is 5.96 Å². The highest BCUT2D eigenvalue weighted by Crippen LogP contribution is 2.46. The van der Waals surface area contributed by atoms with Crippen LogP contribution in [0.4, 0.5) is 0 Å². The summed E-state index contributed by atoms with van der Waals surface area (Å²) in [4.78, 5) is 9.06. The SMILES string of the molecule is CN=C(NCc1cccc2cccnc12)NC1CC2(CCCC2)Oc2ccccc21.I. The van der Waals surface area contributed by atoms with E-state index in [1.807, 2.05) is 19.3 Å². The van der Waals surface area contributed by atoms with Crippen molar-refractivity contribution in [2.24, 2.45) is 4.99 Å². The van der Waals surface area contributed by atoms with Crippen molar-refractivity contribution in [1.82, 2.24) is 15.6 Å². The predicted molar refractivity (Wildman–Crippen MR) is 136 cm³/mol. The van der Waals surface area contributed by atoms with Crippen LogP contribution in [0.2, 0.25) is 0 Å². The molecule has 0 bridgehead atoms. The Labute approximate surface area is 200 Å². The quantitative estimate of drug-likeness (QED) is 0.273. The molecule has 1 aliphatic heterocycles. The lowest BCUT2D eigenvalue weighted by Crippen LogP contribution is -2.46. The van der Waals surface area contributed by atoms with Crippen molar-refractivity contribution in [3.63, 3.8) is 0 Å².